The number of anilines is 1. The van der Waals surface area contributed by atoms with E-state index in [0.717, 1.165) is 12.1 Å². The molecule has 1 aliphatic rings. The maximum atomic E-state index is 13.0. The van der Waals surface area contributed by atoms with E-state index in [1.54, 1.807) is 25.3 Å². The minimum Gasteiger partial charge on any atom is -0.322 e. The molecule has 1 fully saturated rings. The third kappa shape index (κ3) is 5.51. The van der Waals surface area contributed by atoms with Crippen molar-refractivity contribution in [2.75, 3.05) is 18.4 Å². The Labute approximate surface area is 174 Å². The van der Waals surface area contributed by atoms with E-state index in [9.17, 15) is 17.6 Å². The number of sulfonamides is 1. The zero-order valence-corrected chi connectivity index (χ0v) is 17.4. The first-order valence-electron chi connectivity index (χ1n) is 9.19. The number of halogens is 2. The molecule has 1 saturated heterocycles. The molecule has 0 aliphatic carbocycles. The van der Waals surface area contributed by atoms with Crippen molar-refractivity contribution in [3.63, 3.8) is 0 Å². The number of aromatic nitrogens is 1. The number of benzene rings is 1. The zero-order chi connectivity index (χ0) is 21.0. The molecule has 1 unspecified atom stereocenters. The number of nitrogens with zero attached hydrogens (tertiary/aromatic N) is 2. The third-order valence-electron chi connectivity index (χ3n) is 4.92. The summed E-state index contributed by atoms with van der Waals surface area (Å²) in [5.74, 6) is -0.692. The van der Waals surface area contributed by atoms with Crippen LogP contribution in [0.15, 0.2) is 47.5 Å². The summed E-state index contributed by atoms with van der Waals surface area (Å²) < 4.78 is 40.6. The van der Waals surface area contributed by atoms with Crippen LogP contribution >= 0.6 is 11.6 Å². The summed E-state index contributed by atoms with van der Waals surface area (Å²) >= 11 is 5.97. The van der Waals surface area contributed by atoms with Crippen LogP contribution in [0, 0.1) is 5.82 Å². The van der Waals surface area contributed by atoms with E-state index >= 15 is 0 Å². The summed E-state index contributed by atoms with van der Waals surface area (Å²) in [6.45, 7) is 2.92. The molecule has 156 valence electrons. The maximum Gasteiger partial charge on any atom is 0.241 e. The highest BCUT2D eigenvalue weighted by molar-refractivity contribution is 7.89. The predicted octanol–water partition coefficient (Wildman–Crippen LogP) is 2.64. The average molecular weight is 441 g/mol. The Morgan fingerprint density at radius 3 is 2.52 bits per heavy atom. The van der Waals surface area contributed by atoms with Gasteiger partial charge in [0.05, 0.1) is 16.6 Å². The number of hydrogen-bond donors (Lipinski definition) is 2. The van der Waals surface area contributed by atoms with Gasteiger partial charge in [0.2, 0.25) is 15.9 Å². The number of likely N-dealkylation sites (tertiary alicyclic amines) is 1. The number of pyridine rings is 1. The van der Waals surface area contributed by atoms with Crippen LogP contribution in [0.1, 0.15) is 19.8 Å². The van der Waals surface area contributed by atoms with Crippen molar-refractivity contribution in [1.29, 1.82) is 0 Å². The zero-order valence-electron chi connectivity index (χ0n) is 15.8. The summed E-state index contributed by atoms with van der Waals surface area (Å²) in [4.78, 5) is 18.5. The van der Waals surface area contributed by atoms with Gasteiger partial charge in [-0.3, -0.25) is 9.69 Å². The topological polar surface area (TPSA) is 91.4 Å². The molecule has 2 aromatic rings. The number of nitrogens with one attached hydrogen (secondary N) is 2. The van der Waals surface area contributed by atoms with Crippen LogP contribution in [0.4, 0.5) is 10.1 Å². The average Bonchev–Trinajstić information content (AvgIpc) is 2.70. The van der Waals surface area contributed by atoms with Crippen molar-refractivity contribution in [2.45, 2.75) is 36.7 Å². The Morgan fingerprint density at radius 1 is 1.24 bits per heavy atom. The molecular formula is C19H22ClFN4O3S. The highest BCUT2D eigenvalue weighted by atomic mass is 35.5. The molecule has 0 radical (unpaired) electrons. The molecule has 0 spiro atoms. The van der Waals surface area contributed by atoms with Crippen molar-refractivity contribution in [1.82, 2.24) is 14.6 Å². The number of carbonyl (C=O) groups excluding carboxylic acids is 1. The van der Waals surface area contributed by atoms with Crippen molar-refractivity contribution in [2.24, 2.45) is 0 Å². The number of rotatable bonds is 6. The number of carbonyl (C=O) groups is 1. The lowest BCUT2D eigenvalue weighted by molar-refractivity contribution is -0.121. The molecule has 0 saturated carbocycles. The lowest BCUT2D eigenvalue weighted by atomic mass is 10.0. The fourth-order valence-electron chi connectivity index (χ4n) is 3.19. The second kappa shape index (κ2) is 9.17. The van der Waals surface area contributed by atoms with E-state index in [0.29, 0.717) is 31.6 Å². The lowest BCUT2D eigenvalue weighted by Crippen LogP contribution is -2.50. The molecule has 1 aliphatic heterocycles. The van der Waals surface area contributed by atoms with Crippen LogP contribution in [0.3, 0.4) is 0 Å². The fourth-order valence-corrected chi connectivity index (χ4v) is 4.66. The van der Waals surface area contributed by atoms with E-state index < -0.39 is 21.9 Å². The first-order valence-corrected chi connectivity index (χ1v) is 11.1. The minimum absolute atomic E-state index is 0.0300. The third-order valence-corrected chi connectivity index (χ3v) is 6.76. The van der Waals surface area contributed by atoms with Crippen molar-refractivity contribution in [3.05, 3.63) is 53.6 Å². The minimum atomic E-state index is -3.71. The van der Waals surface area contributed by atoms with Gasteiger partial charge in [0, 0.05) is 25.3 Å². The monoisotopic (exact) mass is 440 g/mol. The van der Waals surface area contributed by atoms with Gasteiger partial charge in [-0.1, -0.05) is 11.6 Å². The maximum absolute atomic E-state index is 13.0. The molecule has 1 aromatic heterocycles. The molecule has 7 nitrogen and oxygen atoms in total. The quantitative estimate of drug-likeness (QED) is 0.674. The number of amides is 1. The smallest absolute Gasteiger partial charge is 0.241 e. The second-order valence-corrected chi connectivity index (χ2v) is 8.96. The molecule has 3 rings (SSSR count). The lowest BCUT2D eigenvalue weighted by Gasteiger charge is -2.35. The number of piperidine rings is 1. The number of hydrogen-bond acceptors (Lipinski definition) is 5. The normalized spacial score (nSPS) is 17.1. The van der Waals surface area contributed by atoms with Gasteiger partial charge >= 0.3 is 0 Å². The largest absolute Gasteiger partial charge is 0.322 e. The first kappa shape index (κ1) is 21.6. The molecule has 29 heavy (non-hydrogen) atoms. The summed E-state index contributed by atoms with van der Waals surface area (Å²) in [6, 6.07) is 7.43. The standard InChI is InChI=1S/C19H22ClFN4O3S/c1-13(19(26)23-17-3-2-10-22-18(17)20)25-11-8-15(9-12-25)24-29(27,28)16-6-4-14(21)5-7-16/h2-7,10,13,15,24H,8-9,11-12H2,1H3,(H,23,26). The summed E-state index contributed by atoms with van der Waals surface area (Å²) in [5.41, 5.74) is 0.452. The Kier molecular flexibility index (Phi) is 6.84. The summed E-state index contributed by atoms with van der Waals surface area (Å²) in [6.07, 6.45) is 2.66. The Morgan fingerprint density at radius 2 is 1.90 bits per heavy atom. The SMILES string of the molecule is CC(C(=O)Nc1cccnc1Cl)N1CCC(NS(=O)(=O)c2ccc(F)cc2)CC1. The predicted molar refractivity (Wildman–Crippen MR) is 109 cm³/mol. The van der Waals surface area contributed by atoms with Crippen LogP contribution in [0.2, 0.25) is 5.15 Å². The van der Waals surface area contributed by atoms with Crippen molar-refractivity contribution >= 4 is 33.2 Å². The van der Waals surface area contributed by atoms with Crippen molar-refractivity contribution in [3.8, 4) is 0 Å². The molecule has 1 atom stereocenters. The Hall–Kier alpha value is -2.07. The molecule has 2 heterocycles. The molecule has 0 bridgehead atoms. The molecule has 1 aromatic carbocycles. The van der Waals surface area contributed by atoms with Gasteiger partial charge in [0.15, 0.2) is 5.15 Å². The molecule has 10 heteroatoms. The van der Waals surface area contributed by atoms with Crippen LogP contribution < -0.4 is 10.0 Å². The Bertz CT molecular complexity index is 964. The van der Waals surface area contributed by atoms with Gasteiger partial charge in [0.25, 0.3) is 0 Å². The van der Waals surface area contributed by atoms with Gasteiger partial charge in [-0.25, -0.2) is 22.5 Å². The van der Waals surface area contributed by atoms with Gasteiger partial charge in [0.1, 0.15) is 5.82 Å². The highest BCUT2D eigenvalue weighted by Gasteiger charge is 2.29. The van der Waals surface area contributed by atoms with Gasteiger partial charge in [-0.2, -0.15) is 0 Å². The van der Waals surface area contributed by atoms with E-state index in [1.807, 2.05) is 4.90 Å². The van der Waals surface area contributed by atoms with E-state index in [1.165, 1.54) is 12.1 Å². The van der Waals surface area contributed by atoms with E-state index in [2.05, 4.69) is 15.0 Å². The van der Waals surface area contributed by atoms with Gasteiger partial charge in [-0.15, -0.1) is 0 Å². The molecule has 1 amide bonds. The summed E-state index contributed by atoms with van der Waals surface area (Å²) in [7, 11) is -3.71. The Balaban J connectivity index is 1.53. The second-order valence-electron chi connectivity index (χ2n) is 6.89. The highest BCUT2D eigenvalue weighted by Crippen LogP contribution is 2.20. The van der Waals surface area contributed by atoms with E-state index in [-0.39, 0.29) is 22.0 Å². The van der Waals surface area contributed by atoms with Gasteiger partial charge < -0.3 is 5.32 Å². The molecule has 2 N–H and O–H groups in total. The van der Waals surface area contributed by atoms with Crippen molar-refractivity contribution < 1.29 is 17.6 Å². The summed E-state index contributed by atoms with van der Waals surface area (Å²) in [5, 5.41) is 2.99. The van der Waals surface area contributed by atoms with Crippen LogP contribution in [-0.4, -0.2) is 49.4 Å². The van der Waals surface area contributed by atoms with E-state index in [4.69, 9.17) is 11.6 Å². The van der Waals surface area contributed by atoms with Crippen LogP contribution in [-0.2, 0) is 14.8 Å². The molecular weight excluding hydrogens is 419 g/mol. The first-order chi connectivity index (χ1) is 13.8. The van der Waals surface area contributed by atoms with Crippen LogP contribution in [0.25, 0.3) is 0 Å². The van der Waals surface area contributed by atoms with Crippen LogP contribution in [0.5, 0.6) is 0 Å². The van der Waals surface area contributed by atoms with Gasteiger partial charge in [-0.05, 0) is 56.2 Å². The fraction of sp³-hybridized carbons (Fsp3) is 0.368.